The van der Waals surface area contributed by atoms with Gasteiger partial charge in [0, 0.05) is 30.6 Å². The molecule has 1 aromatic heterocycles. The van der Waals surface area contributed by atoms with Gasteiger partial charge in [-0.05, 0) is 61.1 Å². The maximum atomic E-state index is 12.0. The van der Waals surface area contributed by atoms with Gasteiger partial charge >= 0.3 is 5.63 Å². The largest absolute Gasteiger partial charge is 0.507 e. The van der Waals surface area contributed by atoms with Gasteiger partial charge in [-0.3, -0.25) is 4.90 Å². The Hall–Kier alpha value is -2.79. The van der Waals surface area contributed by atoms with E-state index in [-0.39, 0.29) is 11.4 Å². The third kappa shape index (κ3) is 4.01. The molecule has 0 spiro atoms. The van der Waals surface area contributed by atoms with Crippen LogP contribution in [0.4, 0.5) is 0 Å². The molecule has 0 bridgehead atoms. The molecule has 5 heteroatoms. The van der Waals surface area contributed by atoms with Crippen LogP contribution in [0.5, 0.6) is 11.5 Å². The van der Waals surface area contributed by atoms with E-state index >= 15 is 0 Å². The number of aryl methyl sites for hydroxylation is 2. The minimum atomic E-state index is -0.381. The molecule has 2 aromatic carbocycles. The summed E-state index contributed by atoms with van der Waals surface area (Å²) in [4.78, 5) is 14.4. The van der Waals surface area contributed by atoms with Crippen LogP contribution >= 0.6 is 0 Å². The van der Waals surface area contributed by atoms with Crippen LogP contribution in [-0.4, -0.2) is 23.2 Å². The molecule has 152 valence electrons. The van der Waals surface area contributed by atoms with E-state index in [0.717, 1.165) is 48.1 Å². The molecule has 1 fully saturated rings. The van der Waals surface area contributed by atoms with Crippen LogP contribution in [0.1, 0.15) is 42.0 Å². The molecule has 0 aliphatic heterocycles. The number of phenols is 1. The quantitative estimate of drug-likeness (QED) is 0.597. The highest BCUT2D eigenvalue weighted by atomic mass is 16.5. The van der Waals surface area contributed by atoms with Crippen molar-refractivity contribution in [1.82, 2.24) is 4.90 Å². The normalized spacial score (nSPS) is 13.9. The van der Waals surface area contributed by atoms with Crippen LogP contribution in [0, 0.1) is 6.92 Å². The highest BCUT2D eigenvalue weighted by Gasteiger charge is 2.31. The predicted molar refractivity (Wildman–Crippen MR) is 114 cm³/mol. The summed E-state index contributed by atoms with van der Waals surface area (Å²) in [5.74, 6) is 1.08. The maximum Gasteiger partial charge on any atom is 0.336 e. The van der Waals surface area contributed by atoms with Gasteiger partial charge in [0.1, 0.15) is 17.1 Å². The molecule has 29 heavy (non-hydrogen) atoms. The first kappa shape index (κ1) is 19.5. The summed E-state index contributed by atoms with van der Waals surface area (Å²) in [6.07, 6.45) is 3.01. The lowest BCUT2D eigenvalue weighted by molar-refractivity contribution is 0.242. The Morgan fingerprint density at radius 2 is 1.90 bits per heavy atom. The summed E-state index contributed by atoms with van der Waals surface area (Å²) in [6.45, 7) is 5.24. The smallest absolute Gasteiger partial charge is 0.336 e. The van der Waals surface area contributed by atoms with Crippen molar-refractivity contribution < 1.29 is 14.3 Å². The van der Waals surface area contributed by atoms with Gasteiger partial charge in [0.25, 0.3) is 0 Å². The number of ether oxygens (including phenoxy) is 1. The molecule has 0 saturated heterocycles. The molecule has 4 rings (SSSR count). The number of fused-ring (bicyclic) bond motifs is 1. The topological polar surface area (TPSA) is 62.9 Å². The van der Waals surface area contributed by atoms with Gasteiger partial charge < -0.3 is 14.3 Å². The Morgan fingerprint density at radius 3 is 2.52 bits per heavy atom. The second-order valence-electron chi connectivity index (χ2n) is 7.83. The number of methoxy groups -OCH3 is 1. The zero-order valence-corrected chi connectivity index (χ0v) is 17.2. The van der Waals surface area contributed by atoms with Gasteiger partial charge in [0.15, 0.2) is 0 Å². The molecule has 5 nitrogen and oxygen atoms in total. The summed E-state index contributed by atoms with van der Waals surface area (Å²) in [7, 11) is 1.66. The van der Waals surface area contributed by atoms with Crippen molar-refractivity contribution in [2.75, 3.05) is 7.11 Å². The van der Waals surface area contributed by atoms with Crippen molar-refractivity contribution in [1.29, 1.82) is 0 Å². The van der Waals surface area contributed by atoms with Crippen molar-refractivity contribution in [2.45, 2.75) is 52.2 Å². The minimum absolute atomic E-state index is 0.245. The first-order chi connectivity index (χ1) is 14.0. The Kier molecular flexibility index (Phi) is 5.33. The molecular weight excluding hydrogens is 366 g/mol. The Morgan fingerprint density at radius 1 is 1.17 bits per heavy atom. The number of nitrogens with zero attached hydrogens (tertiary/aromatic N) is 1. The molecule has 1 heterocycles. The van der Waals surface area contributed by atoms with Gasteiger partial charge in [-0.1, -0.05) is 19.1 Å². The minimum Gasteiger partial charge on any atom is -0.507 e. The van der Waals surface area contributed by atoms with Gasteiger partial charge in [0.2, 0.25) is 0 Å². The van der Waals surface area contributed by atoms with Crippen molar-refractivity contribution >= 4 is 11.0 Å². The Labute approximate surface area is 170 Å². The fourth-order valence-corrected chi connectivity index (χ4v) is 3.90. The molecule has 0 radical (unpaired) electrons. The highest BCUT2D eigenvalue weighted by molar-refractivity contribution is 5.86. The van der Waals surface area contributed by atoms with E-state index in [1.807, 2.05) is 32.0 Å². The fraction of sp³-hybridized carbons (Fsp3) is 0.375. The summed E-state index contributed by atoms with van der Waals surface area (Å²) in [6, 6.07) is 12.0. The summed E-state index contributed by atoms with van der Waals surface area (Å²) >= 11 is 0. The molecule has 1 N–H and O–H groups in total. The van der Waals surface area contributed by atoms with Crippen molar-refractivity contribution in [2.24, 2.45) is 0 Å². The van der Waals surface area contributed by atoms with Crippen molar-refractivity contribution in [3.8, 4) is 11.5 Å². The Bertz CT molecular complexity index is 1080. The zero-order chi connectivity index (χ0) is 20.5. The van der Waals surface area contributed by atoms with Gasteiger partial charge in [-0.25, -0.2) is 4.79 Å². The average Bonchev–Trinajstić information content (AvgIpc) is 3.55. The molecule has 1 aliphatic carbocycles. The molecule has 1 saturated carbocycles. The second kappa shape index (κ2) is 7.91. The Balaban J connectivity index is 1.73. The molecule has 0 unspecified atom stereocenters. The fourth-order valence-electron chi connectivity index (χ4n) is 3.90. The van der Waals surface area contributed by atoms with Gasteiger partial charge in [-0.2, -0.15) is 0 Å². The number of benzene rings is 2. The lowest BCUT2D eigenvalue weighted by Crippen LogP contribution is -2.25. The summed E-state index contributed by atoms with van der Waals surface area (Å²) < 4.78 is 10.8. The van der Waals surface area contributed by atoms with Crippen LogP contribution in [0.3, 0.4) is 0 Å². The molecule has 3 aromatic rings. The van der Waals surface area contributed by atoms with E-state index in [1.165, 1.54) is 11.6 Å². The first-order valence-electron chi connectivity index (χ1n) is 10.1. The van der Waals surface area contributed by atoms with Gasteiger partial charge in [0.05, 0.1) is 12.7 Å². The number of aromatic hydroxyl groups is 1. The molecule has 0 atom stereocenters. The van der Waals surface area contributed by atoms with Crippen molar-refractivity contribution in [3.63, 3.8) is 0 Å². The molecule has 1 aliphatic rings. The van der Waals surface area contributed by atoms with Crippen molar-refractivity contribution in [3.05, 3.63) is 69.1 Å². The number of phenolic OH excluding ortho intramolecular Hbond substituents is 1. The number of hydrogen-bond acceptors (Lipinski definition) is 5. The highest BCUT2D eigenvalue weighted by Crippen LogP contribution is 2.37. The standard InChI is InChI=1S/C24H27NO4/c1-4-17-12-20-15(2)11-22(26)29-24(20)21(23(17)27)14-25(18-7-8-18)13-16-5-9-19(28-3)10-6-16/h5-6,9-12,18,27H,4,7-8,13-14H2,1-3H3. The number of rotatable bonds is 7. The van der Waals surface area contributed by atoms with Crippen LogP contribution in [-0.2, 0) is 19.5 Å². The predicted octanol–water partition coefficient (Wildman–Crippen LogP) is 4.54. The van der Waals surface area contributed by atoms with Crippen LogP contribution in [0.15, 0.2) is 45.6 Å². The van der Waals surface area contributed by atoms with E-state index in [1.54, 1.807) is 7.11 Å². The summed E-state index contributed by atoms with van der Waals surface area (Å²) in [5.41, 5.74) is 3.77. The van der Waals surface area contributed by atoms with Gasteiger partial charge in [-0.15, -0.1) is 0 Å². The molecular formula is C24H27NO4. The van der Waals surface area contributed by atoms with Crippen LogP contribution in [0.2, 0.25) is 0 Å². The van der Waals surface area contributed by atoms with Crippen LogP contribution < -0.4 is 10.4 Å². The van der Waals surface area contributed by atoms with Crippen LogP contribution in [0.25, 0.3) is 11.0 Å². The second-order valence-corrected chi connectivity index (χ2v) is 7.83. The van der Waals surface area contributed by atoms with E-state index < -0.39 is 0 Å². The zero-order valence-electron chi connectivity index (χ0n) is 17.2. The third-order valence-electron chi connectivity index (χ3n) is 5.74. The molecule has 0 amide bonds. The lowest BCUT2D eigenvalue weighted by atomic mass is 9.99. The van der Waals surface area contributed by atoms with E-state index in [9.17, 15) is 9.90 Å². The SMILES string of the molecule is CCc1cc2c(C)cc(=O)oc2c(CN(Cc2ccc(OC)cc2)C2CC2)c1O. The first-order valence-corrected chi connectivity index (χ1v) is 10.1. The summed E-state index contributed by atoms with van der Waals surface area (Å²) in [5, 5.41) is 11.8. The number of hydrogen-bond donors (Lipinski definition) is 1. The van der Waals surface area contributed by atoms with E-state index in [4.69, 9.17) is 9.15 Å². The third-order valence-corrected chi connectivity index (χ3v) is 5.74. The van der Waals surface area contributed by atoms with E-state index in [2.05, 4.69) is 17.0 Å². The average molecular weight is 393 g/mol. The monoisotopic (exact) mass is 393 g/mol. The maximum absolute atomic E-state index is 12.0. The lowest BCUT2D eigenvalue weighted by Gasteiger charge is -2.24. The van der Waals surface area contributed by atoms with E-state index in [0.29, 0.717) is 23.7 Å².